The lowest BCUT2D eigenvalue weighted by Crippen LogP contribution is -2.36. The average Bonchev–Trinajstić information content (AvgIpc) is 2.55. The maximum absolute atomic E-state index is 5.95. The molecule has 0 bridgehead atoms. The summed E-state index contributed by atoms with van der Waals surface area (Å²) in [5.74, 6) is 0.952. The zero-order valence-corrected chi connectivity index (χ0v) is 15.9. The van der Waals surface area contributed by atoms with Gasteiger partial charge in [0, 0.05) is 25.7 Å². The van der Waals surface area contributed by atoms with Crippen LogP contribution in [0.25, 0.3) is 0 Å². The number of rotatable bonds is 9. The van der Waals surface area contributed by atoms with E-state index in [0.29, 0.717) is 6.04 Å². The van der Waals surface area contributed by atoms with E-state index in [0.717, 1.165) is 25.4 Å². The molecule has 2 unspecified atom stereocenters. The summed E-state index contributed by atoms with van der Waals surface area (Å²) in [6, 6.07) is 8.91. The molecule has 4 heteroatoms. The van der Waals surface area contributed by atoms with E-state index in [1.165, 1.54) is 37.9 Å². The number of nitrogens with one attached hydrogen (secondary N) is 1. The lowest BCUT2D eigenvalue weighted by Gasteiger charge is -2.27. The fraction of sp³-hybridized carbons (Fsp3) is 0.700. The predicted molar refractivity (Wildman–Crippen MR) is 102 cm³/mol. The molecule has 136 valence electrons. The van der Waals surface area contributed by atoms with Gasteiger partial charge in [-0.05, 0) is 71.6 Å². The lowest BCUT2D eigenvalue weighted by atomic mass is 10.1. The normalized spacial score (nSPS) is 18.5. The number of ether oxygens (including phenoxy) is 1. The van der Waals surface area contributed by atoms with Crippen molar-refractivity contribution in [2.75, 3.05) is 46.8 Å². The third-order valence-corrected chi connectivity index (χ3v) is 4.67. The highest BCUT2D eigenvalue weighted by molar-refractivity contribution is 5.29. The van der Waals surface area contributed by atoms with Crippen molar-refractivity contribution in [1.82, 2.24) is 15.1 Å². The standard InChI is InChI=1S/C20H35N3O/c1-17(16-22(3)4)24-20-10-8-19(9-11-20)18(2)21-12-15-23-13-6-5-7-14-23/h8-11,17-18,21H,5-7,12-16H2,1-4H3. The van der Waals surface area contributed by atoms with Crippen molar-refractivity contribution in [3.8, 4) is 5.75 Å². The summed E-state index contributed by atoms with van der Waals surface area (Å²) in [5.41, 5.74) is 1.32. The molecule has 1 aliphatic heterocycles. The molecule has 24 heavy (non-hydrogen) atoms. The Morgan fingerprint density at radius 2 is 1.75 bits per heavy atom. The summed E-state index contributed by atoms with van der Waals surface area (Å²) in [5, 5.41) is 3.64. The molecule has 1 aromatic rings. The molecule has 4 nitrogen and oxygen atoms in total. The summed E-state index contributed by atoms with van der Waals surface area (Å²) in [4.78, 5) is 4.72. The van der Waals surface area contributed by atoms with Crippen LogP contribution in [0.1, 0.15) is 44.7 Å². The highest BCUT2D eigenvalue weighted by Crippen LogP contribution is 2.18. The molecule has 0 spiro atoms. The van der Waals surface area contributed by atoms with Gasteiger partial charge >= 0.3 is 0 Å². The van der Waals surface area contributed by atoms with Crippen LogP contribution in [0.2, 0.25) is 0 Å². The summed E-state index contributed by atoms with van der Waals surface area (Å²) in [7, 11) is 4.14. The van der Waals surface area contributed by atoms with Gasteiger partial charge in [0.2, 0.25) is 0 Å². The van der Waals surface area contributed by atoms with Gasteiger partial charge < -0.3 is 19.9 Å². The van der Waals surface area contributed by atoms with Crippen molar-refractivity contribution >= 4 is 0 Å². The molecule has 2 rings (SSSR count). The highest BCUT2D eigenvalue weighted by Gasteiger charge is 2.11. The van der Waals surface area contributed by atoms with E-state index < -0.39 is 0 Å². The van der Waals surface area contributed by atoms with Gasteiger partial charge in [-0.2, -0.15) is 0 Å². The molecule has 1 N–H and O–H groups in total. The fourth-order valence-electron chi connectivity index (χ4n) is 3.36. The SMILES string of the molecule is CC(CN(C)C)Oc1ccc(C(C)NCCN2CCCCC2)cc1. The number of nitrogens with zero attached hydrogens (tertiary/aromatic N) is 2. The van der Waals surface area contributed by atoms with Crippen molar-refractivity contribution in [1.29, 1.82) is 0 Å². The van der Waals surface area contributed by atoms with Crippen LogP contribution in [0.3, 0.4) is 0 Å². The van der Waals surface area contributed by atoms with Gasteiger partial charge in [0.25, 0.3) is 0 Å². The second kappa shape index (κ2) is 10.0. The van der Waals surface area contributed by atoms with Gasteiger partial charge in [-0.25, -0.2) is 0 Å². The zero-order valence-electron chi connectivity index (χ0n) is 15.9. The Balaban J connectivity index is 1.72. The first kappa shape index (κ1) is 19.2. The van der Waals surface area contributed by atoms with Crippen LogP contribution < -0.4 is 10.1 Å². The number of hydrogen-bond donors (Lipinski definition) is 1. The summed E-state index contributed by atoms with van der Waals surface area (Å²) < 4.78 is 5.95. The lowest BCUT2D eigenvalue weighted by molar-refractivity contribution is 0.177. The van der Waals surface area contributed by atoms with Crippen molar-refractivity contribution in [2.24, 2.45) is 0 Å². The Morgan fingerprint density at radius 1 is 1.08 bits per heavy atom. The highest BCUT2D eigenvalue weighted by atomic mass is 16.5. The first-order valence-corrected chi connectivity index (χ1v) is 9.41. The Morgan fingerprint density at radius 3 is 2.38 bits per heavy atom. The minimum absolute atomic E-state index is 0.200. The minimum Gasteiger partial charge on any atom is -0.489 e. The van der Waals surface area contributed by atoms with Crippen LogP contribution in [-0.4, -0.2) is 62.7 Å². The van der Waals surface area contributed by atoms with Crippen LogP contribution in [0, 0.1) is 0 Å². The van der Waals surface area contributed by atoms with E-state index in [9.17, 15) is 0 Å². The molecule has 1 aromatic carbocycles. The van der Waals surface area contributed by atoms with E-state index in [1.807, 2.05) is 0 Å². The van der Waals surface area contributed by atoms with Gasteiger partial charge in [-0.15, -0.1) is 0 Å². The molecule has 0 saturated carbocycles. The smallest absolute Gasteiger partial charge is 0.119 e. The summed E-state index contributed by atoms with van der Waals surface area (Å²) in [6.07, 6.45) is 4.33. The molecule has 2 atom stereocenters. The van der Waals surface area contributed by atoms with Crippen LogP contribution in [0.15, 0.2) is 24.3 Å². The number of likely N-dealkylation sites (tertiary alicyclic amines) is 1. The molecule has 0 aliphatic carbocycles. The average molecular weight is 334 g/mol. The van der Waals surface area contributed by atoms with Crippen molar-refractivity contribution < 1.29 is 4.74 Å². The summed E-state index contributed by atoms with van der Waals surface area (Å²) in [6.45, 7) is 10.0. The monoisotopic (exact) mass is 333 g/mol. The van der Waals surface area contributed by atoms with Gasteiger partial charge in [0.1, 0.15) is 11.9 Å². The quantitative estimate of drug-likeness (QED) is 0.751. The Labute approximate surface area is 148 Å². The first-order valence-electron chi connectivity index (χ1n) is 9.41. The maximum Gasteiger partial charge on any atom is 0.119 e. The molecule has 1 heterocycles. The van der Waals surface area contributed by atoms with Crippen LogP contribution >= 0.6 is 0 Å². The van der Waals surface area contributed by atoms with E-state index in [2.05, 4.69) is 67.3 Å². The maximum atomic E-state index is 5.95. The third kappa shape index (κ3) is 6.80. The Hall–Kier alpha value is -1.10. The first-order chi connectivity index (χ1) is 11.5. The van der Waals surface area contributed by atoms with E-state index in [-0.39, 0.29) is 6.10 Å². The summed E-state index contributed by atoms with van der Waals surface area (Å²) >= 11 is 0. The molecule has 0 radical (unpaired) electrons. The van der Waals surface area contributed by atoms with E-state index >= 15 is 0 Å². The zero-order chi connectivity index (χ0) is 17.4. The second-order valence-electron chi connectivity index (χ2n) is 7.34. The third-order valence-electron chi connectivity index (χ3n) is 4.67. The van der Waals surface area contributed by atoms with Crippen molar-refractivity contribution in [2.45, 2.75) is 45.3 Å². The van der Waals surface area contributed by atoms with Gasteiger partial charge in [-0.1, -0.05) is 18.6 Å². The van der Waals surface area contributed by atoms with Crippen LogP contribution in [-0.2, 0) is 0 Å². The van der Waals surface area contributed by atoms with Crippen molar-refractivity contribution in [3.63, 3.8) is 0 Å². The number of likely N-dealkylation sites (N-methyl/N-ethyl adjacent to an activating group) is 1. The minimum atomic E-state index is 0.200. The van der Waals surface area contributed by atoms with Gasteiger partial charge in [0.15, 0.2) is 0 Å². The molecule has 1 fully saturated rings. The van der Waals surface area contributed by atoms with Crippen LogP contribution in [0.4, 0.5) is 0 Å². The van der Waals surface area contributed by atoms with Gasteiger partial charge in [-0.3, -0.25) is 0 Å². The molecular weight excluding hydrogens is 298 g/mol. The Bertz CT molecular complexity index is 454. The topological polar surface area (TPSA) is 27.7 Å². The number of hydrogen-bond acceptors (Lipinski definition) is 4. The number of piperidine rings is 1. The number of benzene rings is 1. The molecular formula is C20H35N3O. The molecule has 1 saturated heterocycles. The van der Waals surface area contributed by atoms with Crippen molar-refractivity contribution in [3.05, 3.63) is 29.8 Å². The Kier molecular flexibility index (Phi) is 8.03. The van der Waals surface area contributed by atoms with E-state index in [1.54, 1.807) is 0 Å². The fourth-order valence-corrected chi connectivity index (χ4v) is 3.36. The van der Waals surface area contributed by atoms with Gasteiger partial charge in [0.05, 0.1) is 0 Å². The molecule has 0 aromatic heterocycles. The molecule has 0 amide bonds. The van der Waals surface area contributed by atoms with E-state index in [4.69, 9.17) is 4.74 Å². The second-order valence-corrected chi connectivity index (χ2v) is 7.34. The predicted octanol–water partition coefficient (Wildman–Crippen LogP) is 3.15. The largest absolute Gasteiger partial charge is 0.489 e. The van der Waals surface area contributed by atoms with Crippen LogP contribution in [0.5, 0.6) is 5.75 Å². The molecule has 1 aliphatic rings.